The lowest BCUT2D eigenvalue weighted by Gasteiger charge is -2.17. The standard InChI is InChI=1S/C10H20N2/c1-12(9-7-11)8-6-10-4-2-3-5-10/h2,4,10H,3,5-9,11H2,1H3. The molecule has 12 heavy (non-hydrogen) atoms. The SMILES string of the molecule is CN(CCN)CCC1C=CCC1. The number of rotatable bonds is 5. The van der Waals surface area contributed by atoms with Crippen molar-refractivity contribution in [3.05, 3.63) is 12.2 Å². The molecule has 0 fully saturated rings. The molecular formula is C10H20N2. The quantitative estimate of drug-likeness (QED) is 0.626. The van der Waals surface area contributed by atoms with Gasteiger partial charge in [-0.1, -0.05) is 12.2 Å². The zero-order chi connectivity index (χ0) is 8.81. The van der Waals surface area contributed by atoms with Crippen LogP contribution in [0.25, 0.3) is 0 Å². The summed E-state index contributed by atoms with van der Waals surface area (Å²) < 4.78 is 0. The number of nitrogens with two attached hydrogens (primary N) is 1. The summed E-state index contributed by atoms with van der Waals surface area (Å²) in [5.41, 5.74) is 5.46. The smallest absolute Gasteiger partial charge is 0.0102 e. The summed E-state index contributed by atoms with van der Waals surface area (Å²) in [5.74, 6) is 0.838. The van der Waals surface area contributed by atoms with Crippen molar-refractivity contribution in [1.29, 1.82) is 0 Å². The fourth-order valence-electron chi connectivity index (χ4n) is 1.65. The third kappa shape index (κ3) is 3.37. The summed E-state index contributed by atoms with van der Waals surface area (Å²) in [6.07, 6.45) is 8.60. The molecular weight excluding hydrogens is 148 g/mol. The molecule has 1 aliphatic rings. The van der Waals surface area contributed by atoms with Crippen LogP contribution in [0.2, 0.25) is 0 Å². The molecule has 0 heterocycles. The van der Waals surface area contributed by atoms with Gasteiger partial charge in [-0.05, 0) is 38.8 Å². The lowest BCUT2D eigenvalue weighted by Crippen LogP contribution is -2.27. The van der Waals surface area contributed by atoms with Gasteiger partial charge in [0.1, 0.15) is 0 Å². The van der Waals surface area contributed by atoms with Crippen molar-refractivity contribution < 1.29 is 0 Å². The molecule has 0 aromatic carbocycles. The largest absolute Gasteiger partial charge is 0.329 e. The molecule has 1 unspecified atom stereocenters. The number of allylic oxidation sites excluding steroid dienone is 2. The summed E-state index contributed by atoms with van der Waals surface area (Å²) in [7, 11) is 2.14. The highest BCUT2D eigenvalue weighted by atomic mass is 15.1. The van der Waals surface area contributed by atoms with Crippen molar-refractivity contribution in [1.82, 2.24) is 4.90 Å². The van der Waals surface area contributed by atoms with Gasteiger partial charge in [0, 0.05) is 13.1 Å². The van der Waals surface area contributed by atoms with Gasteiger partial charge >= 0.3 is 0 Å². The van der Waals surface area contributed by atoms with E-state index >= 15 is 0 Å². The van der Waals surface area contributed by atoms with E-state index in [1.807, 2.05) is 0 Å². The van der Waals surface area contributed by atoms with E-state index in [-0.39, 0.29) is 0 Å². The van der Waals surface area contributed by atoms with Crippen molar-refractivity contribution in [3.63, 3.8) is 0 Å². The first kappa shape index (κ1) is 9.75. The zero-order valence-corrected chi connectivity index (χ0v) is 8.00. The maximum Gasteiger partial charge on any atom is 0.0102 e. The molecule has 0 bridgehead atoms. The summed E-state index contributed by atoms with van der Waals surface area (Å²) >= 11 is 0. The summed E-state index contributed by atoms with van der Waals surface area (Å²) in [6.45, 7) is 2.99. The fraction of sp³-hybridized carbons (Fsp3) is 0.800. The second-order valence-corrected chi connectivity index (χ2v) is 3.65. The molecule has 0 aliphatic heterocycles. The first-order valence-electron chi connectivity index (χ1n) is 4.88. The predicted molar refractivity (Wildman–Crippen MR) is 53.0 cm³/mol. The molecule has 1 aliphatic carbocycles. The minimum Gasteiger partial charge on any atom is -0.329 e. The van der Waals surface area contributed by atoms with Crippen molar-refractivity contribution in [2.45, 2.75) is 19.3 Å². The van der Waals surface area contributed by atoms with Gasteiger partial charge in [0.15, 0.2) is 0 Å². The van der Waals surface area contributed by atoms with Crippen LogP contribution in [0.1, 0.15) is 19.3 Å². The second kappa shape index (κ2) is 5.33. The van der Waals surface area contributed by atoms with Crippen molar-refractivity contribution in [3.8, 4) is 0 Å². The molecule has 0 saturated heterocycles. The van der Waals surface area contributed by atoms with Crippen LogP contribution in [0.3, 0.4) is 0 Å². The van der Waals surface area contributed by atoms with E-state index in [0.29, 0.717) is 0 Å². The van der Waals surface area contributed by atoms with Gasteiger partial charge in [-0.3, -0.25) is 0 Å². The molecule has 2 nitrogen and oxygen atoms in total. The van der Waals surface area contributed by atoms with Crippen LogP contribution in [0.5, 0.6) is 0 Å². The van der Waals surface area contributed by atoms with Crippen LogP contribution >= 0.6 is 0 Å². The molecule has 2 N–H and O–H groups in total. The van der Waals surface area contributed by atoms with E-state index in [2.05, 4.69) is 24.1 Å². The van der Waals surface area contributed by atoms with Gasteiger partial charge in [0.25, 0.3) is 0 Å². The Morgan fingerprint density at radius 2 is 2.33 bits per heavy atom. The Morgan fingerprint density at radius 3 is 2.92 bits per heavy atom. The first-order valence-corrected chi connectivity index (χ1v) is 4.88. The van der Waals surface area contributed by atoms with E-state index in [1.54, 1.807) is 0 Å². The highest BCUT2D eigenvalue weighted by molar-refractivity contribution is 4.96. The van der Waals surface area contributed by atoms with Crippen molar-refractivity contribution >= 4 is 0 Å². The van der Waals surface area contributed by atoms with Gasteiger partial charge in [0.2, 0.25) is 0 Å². The highest BCUT2D eigenvalue weighted by Gasteiger charge is 2.09. The van der Waals surface area contributed by atoms with Gasteiger partial charge in [-0.15, -0.1) is 0 Å². The van der Waals surface area contributed by atoms with Crippen LogP contribution in [0.4, 0.5) is 0 Å². The van der Waals surface area contributed by atoms with E-state index in [0.717, 1.165) is 19.0 Å². The molecule has 0 amide bonds. The Labute approximate surface area is 75.4 Å². The molecule has 70 valence electrons. The van der Waals surface area contributed by atoms with E-state index in [4.69, 9.17) is 5.73 Å². The Balaban J connectivity index is 2.04. The van der Waals surface area contributed by atoms with Crippen LogP contribution < -0.4 is 5.73 Å². The molecule has 0 aromatic heterocycles. The third-order valence-electron chi connectivity index (χ3n) is 2.50. The van der Waals surface area contributed by atoms with E-state index < -0.39 is 0 Å². The average Bonchev–Trinajstić information content (AvgIpc) is 2.53. The number of hydrogen-bond acceptors (Lipinski definition) is 2. The monoisotopic (exact) mass is 168 g/mol. The first-order chi connectivity index (χ1) is 5.83. The molecule has 1 atom stereocenters. The van der Waals surface area contributed by atoms with Gasteiger partial charge in [0.05, 0.1) is 0 Å². The van der Waals surface area contributed by atoms with Crippen LogP contribution in [0.15, 0.2) is 12.2 Å². The van der Waals surface area contributed by atoms with Crippen LogP contribution in [0, 0.1) is 5.92 Å². The van der Waals surface area contributed by atoms with Crippen LogP contribution in [-0.2, 0) is 0 Å². The predicted octanol–water partition coefficient (Wildman–Crippen LogP) is 1.23. The Kier molecular flexibility index (Phi) is 4.33. The Bertz CT molecular complexity index is 143. The highest BCUT2D eigenvalue weighted by Crippen LogP contribution is 2.20. The van der Waals surface area contributed by atoms with Gasteiger partial charge < -0.3 is 10.6 Å². The zero-order valence-electron chi connectivity index (χ0n) is 8.00. The maximum atomic E-state index is 5.46. The lowest BCUT2D eigenvalue weighted by molar-refractivity contribution is 0.319. The average molecular weight is 168 g/mol. The van der Waals surface area contributed by atoms with Crippen molar-refractivity contribution in [2.75, 3.05) is 26.7 Å². The minimum atomic E-state index is 0.775. The van der Waals surface area contributed by atoms with Crippen molar-refractivity contribution in [2.24, 2.45) is 11.7 Å². The summed E-state index contributed by atoms with van der Waals surface area (Å²) in [6, 6.07) is 0. The Hall–Kier alpha value is -0.340. The second-order valence-electron chi connectivity index (χ2n) is 3.65. The molecule has 0 aromatic rings. The third-order valence-corrected chi connectivity index (χ3v) is 2.50. The maximum absolute atomic E-state index is 5.46. The minimum absolute atomic E-state index is 0.775. The van der Waals surface area contributed by atoms with Gasteiger partial charge in [-0.25, -0.2) is 0 Å². The Morgan fingerprint density at radius 1 is 1.50 bits per heavy atom. The fourth-order valence-corrected chi connectivity index (χ4v) is 1.65. The number of hydrogen-bond donors (Lipinski definition) is 1. The topological polar surface area (TPSA) is 29.3 Å². The van der Waals surface area contributed by atoms with E-state index in [9.17, 15) is 0 Å². The number of nitrogens with zero attached hydrogens (tertiary/aromatic N) is 1. The lowest BCUT2D eigenvalue weighted by atomic mass is 10.1. The molecule has 0 saturated carbocycles. The van der Waals surface area contributed by atoms with Gasteiger partial charge in [-0.2, -0.15) is 0 Å². The molecule has 1 rings (SSSR count). The number of likely N-dealkylation sites (N-methyl/N-ethyl adjacent to an activating group) is 1. The summed E-state index contributed by atoms with van der Waals surface area (Å²) in [5, 5.41) is 0. The summed E-state index contributed by atoms with van der Waals surface area (Å²) in [4.78, 5) is 2.31. The van der Waals surface area contributed by atoms with E-state index in [1.165, 1.54) is 25.8 Å². The van der Waals surface area contributed by atoms with Crippen LogP contribution in [-0.4, -0.2) is 31.6 Å². The molecule has 0 spiro atoms. The molecule has 2 heteroatoms. The molecule has 0 radical (unpaired) electrons. The normalized spacial score (nSPS) is 22.4.